The molecule has 26 heavy (non-hydrogen) atoms. The number of aryl methyl sites for hydroxylation is 1. The van der Waals surface area contributed by atoms with E-state index in [1.54, 1.807) is 47.2 Å². The van der Waals surface area contributed by atoms with Crippen LogP contribution in [0.2, 0.25) is 0 Å². The molecule has 6 heteroatoms. The number of aromatic nitrogens is 1. The van der Waals surface area contributed by atoms with Crippen LogP contribution < -0.4 is 0 Å². The summed E-state index contributed by atoms with van der Waals surface area (Å²) in [6.45, 7) is 2.44. The van der Waals surface area contributed by atoms with Gasteiger partial charge in [0.05, 0.1) is 10.7 Å². The number of thiazole rings is 1. The van der Waals surface area contributed by atoms with Crippen LogP contribution in [-0.2, 0) is 12.3 Å². The number of hydrogen-bond donors (Lipinski definition) is 0. The number of nitrogens with zero attached hydrogens (tertiary/aromatic N) is 2. The number of carbonyl (C=O) groups is 1. The molecule has 0 bridgehead atoms. The minimum Gasteiger partial charge on any atom is -0.337 e. The van der Waals surface area contributed by atoms with E-state index in [4.69, 9.17) is 0 Å². The van der Waals surface area contributed by atoms with E-state index in [1.807, 2.05) is 31.2 Å². The van der Waals surface area contributed by atoms with Gasteiger partial charge in [-0.05, 0) is 48.9 Å². The van der Waals surface area contributed by atoms with Crippen LogP contribution in [0.25, 0.3) is 0 Å². The van der Waals surface area contributed by atoms with Gasteiger partial charge in [0, 0.05) is 35.2 Å². The second kappa shape index (κ2) is 8.47. The van der Waals surface area contributed by atoms with Crippen molar-refractivity contribution in [1.29, 1.82) is 0 Å². The second-order valence-corrected chi connectivity index (χ2v) is 8.07. The number of benzene rings is 2. The van der Waals surface area contributed by atoms with E-state index in [0.717, 1.165) is 26.9 Å². The zero-order valence-electron chi connectivity index (χ0n) is 14.6. The summed E-state index contributed by atoms with van der Waals surface area (Å²) in [6, 6.07) is 13.8. The van der Waals surface area contributed by atoms with Crippen LogP contribution in [-0.4, -0.2) is 22.8 Å². The molecule has 0 fully saturated rings. The van der Waals surface area contributed by atoms with Gasteiger partial charge in [-0.1, -0.05) is 12.1 Å². The first-order valence-electron chi connectivity index (χ1n) is 8.15. The Morgan fingerprint density at radius 3 is 2.46 bits per heavy atom. The Morgan fingerprint density at radius 2 is 1.85 bits per heavy atom. The average Bonchev–Trinajstić information content (AvgIpc) is 3.07. The molecule has 1 heterocycles. The molecule has 0 saturated carbocycles. The Balaban J connectivity index is 1.58. The summed E-state index contributed by atoms with van der Waals surface area (Å²) in [5.41, 5.74) is 2.62. The lowest BCUT2D eigenvalue weighted by Crippen LogP contribution is -2.26. The van der Waals surface area contributed by atoms with E-state index >= 15 is 0 Å². The van der Waals surface area contributed by atoms with Crippen molar-refractivity contribution >= 4 is 29.0 Å². The van der Waals surface area contributed by atoms with E-state index in [0.29, 0.717) is 12.1 Å². The highest BCUT2D eigenvalue weighted by Gasteiger charge is 2.12. The minimum atomic E-state index is -0.274. The third-order valence-corrected chi connectivity index (χ3v) is 5.70. The average molecular weight is 387 g/mol. The van der Waals surface area contributed by atoms with E-state index in [-0.39, 0.29) is 11.7 Å². The normalized spacial score (nSPS) is 10.7. The van der Waals surface area contributed by atoms with Gasteiger partial charge < -0.3 is 4.90 Å². The van der Waals surface area contributed by atoms with Crippen molar-refractivity contribution in [2.75, 3.05) is 7.05 Å². The summed E-state index contributed by atoms with van der Waals surface area (Å²) < 4.78 is 13.0. The van der Waals surface area contributed by atoms with Gasteiger partial charge in [0.25, 0.3) is 5.91 Å². The van der Waals surface area contributed by atoms with Crippen LogP contribution in [0.4, 0.5) is 4.39 Å². The Morgan fingerprint density at radius 1 is 1.15 bits per heavy atom. The van der Waals surface area contributed by atoms with Gasteiger partial charge in [0.2, 0.25) is 0 Å². The number of hydrogen-bond acceptors (Lipinski definition) is 4. The molecule has 0 atom stereocenters. The summed E-state index contributed by atoms with van der Waals surface area (Å²) in [5.74, 6) is 0.492. The maximum absolute atomic E-state index is 13.0. The van der Waals surface area contributed by atoms with Crippen LogP contribution in [0.15, 0.2) is 58.8 Å². The molecule has 0 N–H and O–H groups in total. The largest absolute Gasteiger partial charge is 0.337 e. The zero-order valence-corrected chi connectivity index (χ0v) is 16.2. The van der Waals surface area contributed by atoms with Gasteiger partial charge in [-0.3, -0.25) is 4.79 Å². The van der Waals surface area contributed by atoms with Gasteiger partial charge >= 0.3 is 0 Å². The number of thioether (sulfide) groups is 1. The predicted octanol–water partition coefficient (Wildman–Crippen LogP) is 5.16. The van der Waals surface area contributed by atoms with Gasteiger partial charge in [-0.15, -0.1) is 23.1 Å². The quantitative estimate of drug-likeness (QED) is 0.549. The Bertz CT molecular complexity index is 876. The molecular formula is C20H19FN2OS2. The SMILES string of the molecule is Cc1nc(CSc2ccc(C(=O)N(C)Cc3ccc(F)cc3)cc2)cs1. The monoisotopic (exact) mass is 386 g/mol. The molecule has 0 unspecified atom stereocenters. The Labute approximate surface area is 160 Å². The first kappa shape index (κ1) is 18.6. The van der Waals surface area contributed by atoms with Gasteiger partial charge in [-0.2, -0.15) is 0 Å². The minimum absolute atomic E-state index is 0.0546. The predicted molar refractivity (Wildman–Crippen MR) is 105 cm³/mol. The molecule has 1 aromatic heterocycles. The van der Waals surface area contributed by atoms with Crippen LogP contribution >= 0.6 is 23.1 Å². The molecule has 0 saturated heterocycles. The number of halogens is 1. The smallest absolute Gasteiger partial charge is 0.253 e. The van der Waals surface area contributed by atoms with Crippen LogP contribution in [0, 0.1) is 12.7 Å². The molecule has 2 aromatic carbocycles. The summed E-state index contributed by atoms with van der Waals surface area (Å²) in [5, 5.41) is 3.15. The first-order chi connectivity index (χ1) is 12.5. The third-order valence-electron chi connectivity index (χ3n) is 3.83. The van der Waals surface area contributed by atoms with Crippen LogP contribution in [0.5, 0.6) is 0 Å². The van der Waals surface area contributed by atoms with Crippen LogP contribution in [0.3, 0.4) is 0 Å². The highest BCUT2D eigenvalue weighted by molar-refractivity contribution is 7.98. The maximum Gasteiger partial charge on any atom is 0.253 e. The van der Waals surface area contributed by atoms with Crippen molar-refractivity contribution in [3.05, 3.63) is 81.6 Å². The lowest BCUT2D eigenvalue weighted by molar-refractivity contribution is 0.0785. The van der Waals surface area contributed by atoms with E-state index in [9.17, 15) is 9.18 Å². The summed E-state index contributed by atoms with van der Waals surface area (Å²) >= 11 is 3.36. The maximum atomic E-state index is 13.0. The number of carbonyl (C=O) groups excluding carboxylic acids is 1. The lowest BCUT2D eigenvalue weighted by Gasteiger charge is -2.17. The van der Waals surface area contributed by atoms with Crippen molar-refractivity contribution in [1.82, 2.24) is 9.88 Å². The fourth-order valence-corrected chi connectivity index (χ4v) is 3.99. The topological polar surface area (TPSA) is 33.2 Å². The molecule has 3 rings (SSSR count). The van der Waals surface area contributed by atoms with Crippen molar-refractivity contribution in [2.45, 2.75) is 24.1 Å². The Kier molecular flexibility index (Phi) is 6.06. The van der Waals surface area contributed by atoms with Gasteiger partial charge in [0.1, 0.15) is 5.82 Å². The molecular weight excluding hydrogens is 367 g/mol. The van der Waals surface area contributed by atoms with Gasteiger partial charge in [-0.25, -0.2) is 9.37 Å². The molecule has 0 spiro atoms. The molecule has 3 aromatic rings. The van der Waals surface area contributed by atoms with Crippen molar-refractivity contribution in [3.63, 3.8) is 0 Å². The fraction of sp³-hybridized carbons (Fsp3) is 0.200. The molecule has 0 aliphatic heterocycles. The van der Waals surface area contributed by atoms with Crippen molar-refractivity contribution in [3.8, 4) is 0 Å². The van der Waals surface area contributed by atoms with E-state index in [1.165, 1.54) is 12.1 Å². The summed E-state index contributed by atoms with van der Waals surface area (Å²) in [4.78, 5) is 19.7. The van der Waals surface area contributed by atoms with Crippen molar-refractivity contribution in [2.24, 2.45) is 0 Å². The molecule has 0 radical (unpaired) electrons. The first-order valence-corrected chi connectivity index (χ1v) is 10.0. The number of amides is 1. The van der Waals surface area contributed by atoms with Crippen molar-refractivity contribution < 1.29 is 9.18 Å². The van der Waals surface area contributed by atoms with E-state index < -0.39 is 0 Å². The van der Waals surface area contributed by atoms with E-state index in [2.05, 4.69) is 10.4 Å². The lowest BCUT2D eigenvalue weighted by atomic mass is 10.1. The molecule has 134 valence electrons. The third kappa shape index (κ3) is 4.93. The second-order valence-electron chi connectivity index (χ2n) is 5.96. The van der Waals surface area contributed by atoms with Gasteiger partial charge in [0.15, 0.2) is 0 Å². The molecule has 3 nitrogen and oxygen atoms in total. The highest BCUT2D eigenvalue weighted by atomic mass is 32.2. The summed E-state index contributed by atoms with van der Waals surface area (Å²) in [7, 11) is 1.75. The fourth-order valence-electron chi connectivity index (χ4n) is 2.48. The summed E-state index contributed by atoms with van der Waals surface area (Å²) in [6.07, 6.45) is 0. The number of rotatable bonds is 6. The van der Waals surface area contributed by atoms with Crippen LogP contribution in [0.1, 0.15) is 26.6 Å². The molecule has 0 aliphatic rings. The Hall–Kier alpha value is -2.18. The zero-order chi connectivity index (χ0) is 18.5. The molecule has 1 amide bonds. The highest BCUT2D eigenvalue weighted by Crippen LogP contribution is 2.24. The standard InChI is InChI=1S/C20H19FN2OS2/c1-14-22-18(12-25-14)13-26-19-9-5-16(6-10-19)20(24)23(2)11-15-3-7-17(21)8-4-15/h3-10,12H,11,13H2,1-2H3. The molecule has 0 aliphatic carbocycles.